The average molecular weight is 347 g/mol. The summed E-state index contributed by atoms with van der Waals surface area (Å²) in [7, 11) is 0. The average Bonchev–Trinajstić information content (AvgIpc) is 3.27. The van der Waals surface area contributed by atoms with Crippen LogP contribution in [0.25, 0.3) is 5.69 Å². The summed E-state index contributed by atoms with van der Waals surface area (Å²) in [6, 6.07) is 23.3. The zero-order chi connectivity index (χ0) is 17.8. The SMILES string of the molecule is Cc1cc(OCC2CCCN2Cc2ccccc2)n(-c2ccccc2)n1. The smallest absolute Gasteiger partial charge is 0.216 e. The normalized spacial score (nSPS) is 17.5. The topological polar surface area (TPSA) is 30.3 Å². The summed E-state index contributed by atoms with van der Waals surface area (Å²) in [6.45, 7) is 4.83. The van der Waals surface area contributed by atoms with Crippen molar-refractivity contribution in [3.05, 3.63) is 78.0 Å². The third kappa shape index (κ3) is 3.81. The molecule has 1 saturated heterocycles. The Hall–Kier alpha value is -2.59. The summed E-state index contributed by atoms with van der Waals surface area (Å²) < 4.78 is 8.12. The number of likely N-dealkylation sites (tertiary alicyclic amines) is 1. The lowest BCUT2D eigenvalue weighted by molar-refractivity contribution is 0.161. The van der Waals surface area contributed by atoms with Crippen molar-refractivity contribution in [3.8, 4) is 11.6 Å². The molecule has 1 aromatic heterocycles. The second-order valence-electron chi connectivity index (χ2n) is 6.93. The van der Waals surface area contributed by atoms with Crippen LogP contribution in [0, 0.1) is 6.92 Å². The van der Waals surface area contributed by atoms with Crippen LogP contribution in [0.15, 0.2) is 66.7 Å². The van der Waals surface area contributed by atoms with E-state index in [-0.39, 0.29) is 0 Å². The Morgan fingerprint density at radius 2 is 1.77 bits per heavy atom. The van der Waals surface area contributed by atoms with Crippen molar-refractivity contribution in [1.82, 2.24) is 14.7 Å². The molecule has 0 N–H and O–H groups in total. The molecule has 1 unspecified atom stereocenters. The zero-order valence-corrected chi connectivity index (χ0v) is 15.2. The molecule has 0 spiro atoms. The molecule has 134 valence electrons. The van der Waals surface area contributed by atoms with Crippen LogP contribution in [0.3, 0.4) is 0 Å². The minimum Gasteiger partial charge on any atom is -0.476 e. The maximum atomic E-state index is 6.22. The third-order valence-corrected chi connectivity index (χ3v) is 4.95. The van der Waals surface area contributed by atoms with Crippen LogP contribution in [0.1, 0.15) is 24.1 Å². The van der Waals surface area contributed by atoms with Crippen molar-refractivity contribution in [1.29, 1.82) is 0 Å². The Morgan fingerprint density at radius 3 is 2.54 bits per heavy atom. The van der Waals surface area contributed by atoms with Crippen molar-refractivity contribution in [2.24, 2.45) is 0 Å². The van der Waals surface area contributed by atoms with E-state index < -0.39 is 0 Å². The van der Waals surface area contributed by atoms with Gasteiger partial charge in [0.2, 0.25) is 5.88 Å². The minimum atomic E-state index is 0.453. The van der Waals surface area contributed by atoms with Crippen molar-refractivity contribution >= 4 is 0 Å². The molecule has 4 heteroatoms. The Bertz CT molecular complexity index is 829. The van der Waals surface area contributed by atoms with E-state index in [0.29, 0.717) is 12.6 Å². The predicted molar refractivity (Wildman–Crippen MR) is 104 cm³/mol. The van der Waals surface area contributed by atoms with Crippen molar-refractivity contribution in [2.45, 2.75) is 32.4 Å². The number of nitrogens with zero attached hydrogens (tertiary/aromatic N) is 3. The maximum absolute atomic E-state index is 6.22. The fourth-order valence-electron chi connectivity index (χ4n) is 3.62. The fraction of sp³-hybridized carbons (Fsp3) is 0.318. The molecule has 1 atom stereocenters. The molecule has 3 aromatic rings. The van der Waals surface area contributed by atoms with E-state index in [4.69, 9.17) is 4.74 Å². The molecule has 0 amide bonds. The lowest BCUT2D eigenvalue weighted by Gasteiger charge is -2.24. The summed E-state index contributed by atoms with van der Waals surface area (Å²) in [5.74, 6) is 0.820. The van der Waals surface area contributed by atoms with E-state index in [1.165, 1.54) is 18.4 Å². The van der Waals surface area contributed by atoms with Gasteiger partial charge in [-0.15, -0.1) is 0 Å². The first-order chi connectivity index (χ1) is 12.8. The van der Waals surface area contributed by atoms with Gasteiger partial charge in [-0.25, -0.2) is 4.68 Å². The number of hydrogen-bond acceptors (Lipinski definition) is 3. The first kappa shape index (κ1) is 16.9. The van der Waals surface area contributed by atoms with Gasteiger partial charge in [0.05, 0.1) is 11.4 Å². The van der Waals surface area contributed by atoms with Gasteiger partial charge in [0.15, 0.2) is 0 Å². The first-order valence-corrected chi connectivity index (χ1v) is 9.32. The molecule has 1 aliphatic heterocycles. The second kappa shape index (κ2) is 7.75. The van der Waals surface area contributed by atoms with Crippen LogP contribution < -0.4 is 4.74 Å². The molecule has 4 rings (SSSR count). The van der Waals surface area contributed by atoms with Gasteiger partial charge in [-0.05, 0) is 44.0 Å². The molecule has 0 bridgehead atoms. The van der Waals surface area contributed by atoms with Crippen LogP contribution in [0.4, 0.5) is 0 Å². The molecule has 4 nitrogen and oxygen atoms in total. The maximum Gasteiger partial charge on any atom is 0.216 e. The predicted octanol–water partition coefficient (Wildman–Crippen LogP) is 4.22. The van der Waals surface area contributed by atoms with Crippen molar-refractivity contribution in [2.75, 3.05) is 13.2 Å². The number of aryl methyl sites for hydroxylation is 1. The van der Waals surface area contributed by atoms with E-state index in [9.17, 15) is 0 Å². The minimum absolute atomic E-state index is 0.453. The molecule has 0 radical (unpaired) electrons. The summed E-state index contributed by atoms with van der Waals surface area (Å²) in [4.78, 5) is 2.53. The van der Waals surface area contributed by atoms with E-state index >= 15 is 0 Å². The van der Waals surface area contributed by atoms with Crippen LogP contribution in [0.5, 0.6) is 5.88 Å². The Balaban J connectivity index is 1.44. The lowest BCUT2D eigenvalue weighted by Crippen LogP contribution is -2.33. The number of rotatable bonds is 6. The van der Waals surface area contributed by atoms with E-state index in [2.05, 4.69) is 52.5 Å². The van der Waals surface area contributed by atoms with Gasteiger partial charge in [-0.1, -0.05) is 48.5 Å². The van der Waals surface area contributed by atoms with E-state index in [0.717, 1.165) is 30.4 Å². The molecular formula is C22H25N3O. The molecule has 1 aliphatic rings. The van der Waals surface area contributed by atoms with Crippen LogP contribution in [0.2, 0.25) is 0 Å². The highest BCUT2D eigenvalue weighted by atomic mass is 16.5. The van der Waals surface area contributed by atoms with Gasteiger partial charge in [0.1, 0.15) is 6.61 Å². The van der Waals surface area contributed by atoms with Crippen LogP contribution in [-0.4, -0.2) is 33.9 Å². The van der Waals surface area contributed by atoms with Gasteiger partial charge in [0.25, 0.3) is 0 Å². The van der Waals surface area contributed by atoms with E-state index in [1.807, 2.05) is 35.9 Å². The highest BCUT2D eigenvalue weighted by Crippen LogP contribution is 2.23. The number of ether oxygens (including phenoxy) is 1. The van der Waals surface area contributed by atoms with E-state index in [1.54, 1.807) is 0 Å². The van der Waals surface area contributed by atoms with Crippen molar-refractivity contribution in [3.63, 3.8) is 0 Å². The Kier molecular flexibility index (Phi) is 5.02. The number of aromatic nitrogens is 2. The Labute approximate surface area is 155 Å². The standard InChI is InChI=1S/C22H25N3O/c1-18-15-22(25(23-18)20-11-6-3-7-12-20)26-17-21-13-8-14-24(21)16-19-9-4-2-5-10-19/h2-7,9-12,15,21H,8,13-14,16-17H2,1H3. The molecule has 0 aliphatic carbocycles. The highest BCUT2D eigenvalue weighted by molar-refractivity contribution is 5.35. The largest absolute Gasteiger partial charge is 0.476 e. The number of hydrogen-bond donors (Lipinski definition) is 0. The summed E-state index contributed by atoms with van der Waals surface area (Å²) in [6.07, 6.45) is 2.42. The fourth-order valence-corrected chi connectivity index (χ4v) is 3.62. The Morgan fingerprint density at radius 1 is 1.04 bits per heavy atom. The molecule has 26 heavy (non-hydrogen) atoms. The van der Waals surface area contributed by atoms with Gasteiger partial charge < -0.3 is 4.74 Å². The molecule has 0 saturated carbocycles. The zero-order valence-electron chi connectivity index (χ0n) is 15.2. The third-order valence-electron chi connectivity index (χ3n) is 4.95. The molecular weight excluding hydrogens is 322 g/mol. The van der Waals surface area contributed by atoms with Crippen LogP contribution in [-0.2, 0) is 6.54 Å². The lowest BCUT2D eigenvalue weighted by atomic mass is 10.2. The van der Waals surface area contributed by atoms with Gasteiger partial charge in [-0.2, -0.15) is 5.10 Å². The quantitative estimate of drug-likeness (QED) is 0.669. The molecule has 2 heterocycles. The van der Waals surface area contributed by atoms with Crippen molar-refractivity contribution < 1.29 is 4.74 Å². The monoisotopic (exact) mass is 347 g/mol. The highest BCUT2D eigenvalue weighted by Gasteiger charge is 2.25. The summed E-state index contributed by atoms with van der Waals surface area (Å²) in [5.41, 5.74) is 3.36. The van der Waals surface area contributed by atoms with Gasteiger partial charge >= 0.3 is 0 Å². The van der Waals surface area contributed by atoms with Gasteiger partial charge in [0, 0.05) is 18.7 Å². The summed E-state index contributed by atoms with van der Waals surface area (Å²) in [5, 5.41) is 4.59. The number of benzene rings is 2. The molecule has 1 fully saturated rings. The summed E-state index contributed by atoms with van der Waals surface area (Å²) >= 11 is 0. The van der Waals surface area contributed by atoms with Crippen LogP contribution >= 0.6 is 0 Å². The second-order valence-corrected chi connectivity index (χ2v) is 6.93. The van der Waals surface area contributed by atoms with Gasteiger partial charge in [-0.3, -0.25) is 4.90 Å². The molecule has 2 aromatic carbocycles. The first-order valence-electron chi connectivity index (χ1n) is 9.32. The number of para-hydroxylation sites is 1.